The number of nitrogen functional groups attached to an aromatic ring is 1. The van der Waals surface area contributed by atoms with Crippen LogP contribution >= 0.6 is 0 Å². The monoisotopic (exact) mass is 289 g/mol. The van der Waals surface area contributed by atoms with Crippen molar-refractivity contribution < 1.29 is 4.79 Å². The first kappa shape index (κ1) is 15.8. The zero-order valence-corrected chi connectivity index (χ0v) is 13.4. The number of nitrogens with one attached hydrogen (secondary N) is 1. The van der Waals surface area contributed by atoms with E-state index in [1.807, 2.05) is 19.1 Å². The van der Waals surface area contributed by atoms with Gasteiger partial charge in [0.05, 0.1) is 5.56 Å². The van der Waals surface area contributed by atoms with Crippen LogP contribution in [0.3, 0.4) is 0 Å². The van der Waals surface area contributed by atoms with E-state index in [2.05, 4.69) is 24.1 Å². The first-order valence-corrected chi connectivity index (χ1v) is 7.87. The van der Waals surface area contributed by atoms with Gasteiger partial charge in [0.1, 0.15) is 0 Å². The predicted octanol–water partition coefficient (Wildman–Crippen LogP) is 2.43. The van der Waals surface area contributed by atoms with Crippen LogP contribution in [0.1, 0.15) is 42.6 Å². The van der Waals surface area contributed by atoms with E-state index in [1.165, 1.54) is 12.8 Å². The molecule has 1 fully saturated rings. The zero-order chi connectivity index (χ0) is 15.4. The number of carbonyl (C=O) groups is 1. The van der Waals surface area contributed by atoms with Crippen molar-refractivity contribution in [3.8, 4) is 0 Å². The number of nitrogens with zero attached hydrogens (tertiary/aromatic N) is 1. The quantitative estimate of drug-likeness (QED) is 0.819. The number of carbonyl (C=O) groups excluding carboxylic acids is 1. The molecule has 0 aliphatic carbocycles. The van der Waals surface area contributed by atoms with Crippen molar-refractivity contribution in [2.45, 2.75) is 39.7 Å². The number of aryl methyl sites for hydroxylation is 1. The van der Waals surface area contributed by atoms with Crippen molar-refractivity contribution in [2.75, 3.05) is 25.4 Å². The maximum absolute atomic E-state index is 12.4. The Hall–Kier alpha value is -1.55. The average molecular weight is 289 g/mol. The lowest BCUT2D eigenvalue weighted by Gasteiger charge is -2.31. The molecule has 1 unspecified atom stereocenters. The fourth-order valence-corrected chi connectivity index (χ4v) is 3.02. The van der Waals surface area contributed by atoms with Crippen molar-refractivity contribution in [3.05, 3.63) is 29.3 Å². The number of benzene rings is 1. The van der Waals surface area contributed by atoms with Gasteiger partial charge in [-0.25, -0.2) is 0 Å². The van der Waals surface area contributed by atoms with Crippen molar-refractivity contribution in [3.63, 3.8) is 0 Å². The molecule has 0 aromatic heterocycles. The van der Waals surface area contributed by atoms with E-state index >= 15 is 0 Å². The van der Waals surface area contributed by atoms with Gasteiger partial charge in [0.15, 0.2) is 0 Å². The summed E-state index contributed by atoms with van der Waals surface area (Å²) >= 11 is 0. The summed E-state index contributed by atoms with van der Waals surface area (Å²) in [6.07, 6.45) is 2.53. The molecule has 1 aliphatic rings. The molecule has 1 saturated heterocycles. The second-order valence-corrected chi connectivity index (χ2v) is 6.36. The van der Waals surface area contributed by atoms with E-state index in [9.17, 15) is 4.79 Å². The molecule has 0 radical (unpaired) electrons. The number of amides is 1. The molecule has 0 saturated carbocycles. The first-order chi connectivity index (χ1) is 9.99. The minimum absolute atomic E-state index is 0.0685. The Bertz CT molecular complexity index is 493. The summed E-state index contributed by atoms with van der Waals surface area (Å²) in [5, 5.41) is 3.06. The Kier molecular flexibility index (Phi) is 5.23. The summed E-state index contributed by atoms with van der Waals surface area (Å²) in [5.41, 5.74) is 8.08. The number of anilines is 1. The van der Waals surface area contributed by atoms with Gasteiger partial charge >= 0.3 is 0 Å². The van der Waals surface area contributed by atoms with Gasteiger partial charge < -0.3 is 11.1 Å². The topological polar surface area (TPSA) is 58.4 Å². The second-order valence-electron chi connectivity index (χ2n) is 6.36. The summed E-state index contributed by atoms with van der Waals surface area (Å²) in [7, 11) is 0. The summed E-state index contributed by atoms with van der Waals surface area (Å²) in [6.45, 7) is 9.38. The second kappa shape index (κ2) is 6.94. The Balaban J connectivity index is 1.99. The highest BCUT2D eigenvalue weighted by atomic mass is 16.1. The van der Waals surface area contributed by atoms with E-state index < -0.39 is 0 Å². The summed E-state index contributed by atoms with van der Waals surface area (Å²) < 4.78 is 0. The third-order valence-electron chi connectivity index (χ3n) is 4.30. The fourth-order valence-electron chi connectivity index (χ4n) is 3.02. The molecule has 1 amide bonds. The molecule has 0 bridgehead atoms. The van der Waals surface area contributed by atoms with Crippen molar-refractivity contribution in [2.24, 2.45) is 5.92 Å². The van der Waals surface area contributed by atoms with Crippen molar-refractivity contribution in [1.82, 2.24) is 10.2 Å². The van der Waals surface area contributed by atoms with Crippen LogP contribution in [0.25, 0.3) is 0 Å². The molecule has 2 rings (SSSR count). The van der Waals surface area contributed by atoms with Crippen LogP contribution in [0, 0.1) is 12.8 Å². The molecule has 4 nitrogen and oxygen atoms in total. The Morgan fingerprint density at radius 1 is 1.33 bits per heavy atom. The molecule has 1 aromatic rings. The van der Waals surface area contributed by atoms with Gasteiger partial charge in [-0.05, 0) is 50.9 Å². The highest BCUT2D eigenvalue weighted by molar-refractivity contribution is 5.99. The van der Waals surface area contributed by atoms with Gasteiger partial charge in [0.25, 0.3) is 5.91 Å². The molecule has 0 spiro atoms. The van der Waals surface area contributed by atoms with Gasteiger partial charge in [-0.1, -0.05) is 25.5 Å². The van der Waals surface area contributed by atoms with E-state index in [4.69, 9.17) is 5.73 Å². The lowest BCUT2D eigenvalue weighted by molar-refractivity contribution is 0.0928. The van der Waals surface area contributed by atoms with E-state index in [0.29, 0.717) is 29.8 Å². The van der Waals surface area contributed by atoms with Crippen LogP contribution in [-0.2, 0) is 0 Å². The van der Waals surface area contributed by atoms with Crippen molar-refractivity contribution >= 4 is 11.6 Å². The Labute approximate surface area is 127 Å². The van der Waals surface area contributed by atoms with Gasteiger partial charge in [0.2, 0.25) is 0 Å². The molecule has 4 heteroatoms. The largest absolute Gasteiger partial charge is 0.398 e. The number of hydrogen-bond acceptors (Lipinski definition) is 3. The van der Waals surface area contributed by atoms with Crippen LogP contribution in [0.4, 0.5) is 5.69 Å². The van der Waals surface area contributed by atoms with Crippen LogP contribution in [-0.4, -0.2) is 36.5 Å². The number of rotatable bonds is 5. The van der Waals surface area contributed by atoms with Crippen molar-refractivity contribution in [1.29, 1.82) is 0 Å². The lowest BCUT2D eigenvalue weighted by Crippen LogP contribution is -2.45. The third-order valence-corrected chi connectivity index (χ3v) is 4.30. The highest BCUT2D eigenvalue weighted by Gasteiger charge is 2.25. The maximum Gasteiger partial charge on any atom is 0.253 e. The molecular formula is C17H27N3O. The minimum Gasteiger partial charge on any atom is -0.398 e. The summed E-state index contributed by atoms with van der Waals surface area (Å²) in [4.78, 5) is 14.8. The predicted molar refractivity (Wildman–Crippen MR) is 87.4 cm³/mol. The number of hydrogen-bond donors (Lipinski definition) is 2. The number of nitrogens with two attached hydrogens (primary N) is 1. The normalized spacial score (nSPS) is 17.1. The maximum atomic E-state index is 12.4. The van der Waals surface area contributed by atoms with Gasteiger partial charge in [-0.15, -0.1) is 0 Å². The van der Waals surface area contributed by atoms with E-state index in [-0.39, 0.29) is 5.91 Å². The minimum atomic E-state index is -0.0685. The Morgan fingerprint density at radius 3 is 2.62 bits per heavy atom. The van der Waals surface area contributed by atoms with Gasteiger partial charge in [0, 0.05) is 18.3 Å². The molecule has 1 aliphatic heterocycles. The fraction of sp³-hybridized carbons (Fsp3) is 0.588. The Morgan fingerprint density at radius 2 is 2.00 bits per heavy atom. The van der Waals surface area contributed by atoms with E-state index in [1.54, 1.807) is 6.07 Å². The smallest absolute Gasteiger partial charge is 0.253 e. The molecule has 3 N–H and O–H groups in total. The molecular weight excluding hydrogens is 262 g/mol. The molecule has 21 heavy (non-hydrogen) atoms. The highest BCUT2D eigenvalue weighted by Crippen LogP contribution is 2.18. The van der Waals surface area contributed by atoms with E-state index in [0.717, 1.165) is 18.7 Å². The van der Waals surface area contributed by atoms with Crippen LogP contribution < -0.4 is 11.1 Å². The number of likely N-dealkylation sites (tertiary alicyclic amines) is 1. The van der Waals surface area contributed by atoms with Crippen LogP contribution in [0.2, 0.25) is 0 Å². The summed E-state index contributed by atoms with van der Waals surface area (Å²) in [5.74, 6) is 0.458. The first-order valence-electron chi connectivity index (χ1n) is 7.87. The summed E-state index contributed by atoms with van der Waals surface area (Å²) in [6, 6.07) is 5.98. The third kappa shape index (κ3) is 3.97. The molecule has 1 atom stereocenters. The van der Waals surface area contributed by atoms with Crippen LogP contribution in [0.5, 0.6) is 0 Å². The van der Waals surface area contributed by atoms with Crippen LogP contribution in [0.15, 0.2) is 18.2 Å². The molecule has 1 heterocycles. The standard InChI is InChI=1S/C17H27N3O/c1-12(2)16(20-8-4-5-9-20)11-19-17(21)14-10-13(3)6-7-15(14)18/h6-7,10,12,16H,4-5,8-9,11,18H2,1-3H3,(H,19,21). The SMILES string of the molecule is Cc1ccc(N)c(C(=O)NCC(C(C)C)N2CCCC2)c1. The van der Waals surface area contributed by atoms with Gasteiger partial charge in [-0.3, -0.25) is 9.69 Å². The lowest BCUT2D eigenvalue weighted by atomic mass is 10.0. The zero-order valence-electron chi connectivity index (χ0n) is 13.4. The van der Waals surface area contributed by atoms with Gasteiger partial charge in [-0.2, -0.15) is 0 Å². The average Bonchev–Trinajstić information content (AvgIpc) is 2.95. The molecule has 1 aromatic carbocycles. The molecule has 116 valence electrons.